The number of aromatic nitrogens is 2. The first-order valence-corrected chi connectivity index (χ1v) is 8.66. The summed E-state index contributed by atoms with van der Waals surface area (Å²) in [5.41, 5.74) is 0.279. The monoisotopic (exact) mass is 362 g/mol. The maximum absolute atomic E-state index is 12.4. The van der Waals surface area contributed by atoms with E-state index in [2.05, 4.69) is 15.6 Å². The van der Waals surface area contributed by atoms with Crippen LogP contribution in [0.1, 0.15) is 32.1 Å². The molecule has 0 bridgehead atoms. The summed E-state index contributed by atoms with van der Waals surface area (Å²) < 4.78 is 1.34. The van der Waals surface area contributed by atoms with Crippen molar-refractivity contribution in [2.24, 2.45) is 0 Å². The Labute approximate surface area is 149 Å². The van der Waals surface area contributed by atoms with Gasteiger partial charge in [-0.3, -0.25) is 19.5 Å². The molecule has 3 amide bonds. The normalized spacial score (nSPS) is 14.6. The lowest BCUT2D eigenvalue weighted by atomic mass is 10.2. The molecule has 1 aromatic heterocycles. The fourth-order valence-electron chi connectivity index (χ4n) is 2.99. The Bertz CT molecular complexity index is 859. The van der Waals surface area contributed by atoms with Crippen molar-refractivity contribution in [3.8, 4) is 0 Å². The zero-order valence-electron chi connectivity index (χ0n) is 13.6. The van der Waals surface area contributed by atoms with Gasteiger partial charge < -0.3 is 5.32 Å². The molecule has 132 valence electrons. The minimum absolute atomic E-state index is 0.00570. The molecule has 1 aromatic carbocycles. The molecule has 0 aliphatic heterocycles. The first-order valence-electron chi connectivity index (χ1n) is 8.28. The number of urea groups is 1. The van der Waals surface area contributed by atoms with E-state index in [1.807, 2.05) is 0 Å². The van der Waals surface area contributed by atoms with Gasteiger partial charge in [0.25, 0.3) is 5.56 Å². The average molecular weight is 363 g/mol. The highest BCUT2D eigenvalue weighted by atomic mass is 35.5. The molecule has 8 heteroatoms. The molecule has 1 aliphatic carbocycles. The molecule has 0 unspecified atom stereocenters. The highest BCUT2D eigenvalue weighted by Gasteiger charge is 2.18. The summed E-state index contributed by atoms with van der Waals surface area (Å²) in [6.07, 6.45) is 5.49. The van der Waals surface area contributed by atoms with Gasteiger partial charge in [0.05, 0.1) is 17.2 Å². The number of imide groups is 1. The van der Waals surface area contributed by atoms with E-state index in [-0.39, 0.29) is 24.6 Å². The molecule has 1 heterocycles. The zero-order chi connectivity index (χ0) is 17.8. The third-order valence-corrected chi connectivity index (χ3v) is 4.54. The summed E-state index contributed by atoms with van der Waals surface area (Å²) >= 11 is 5.91. The van der Waals surface area contributed by atoms with E-state index >= 15 is 0 Å². The Morgan fingerprint density at radius 3 is 2.80 bits per heavy atom. The van der Waals surface area contributed by atoms with Crippen molar-refractivity contribution in [1.29, 1.82) is 0 Å². The van der Waals surface area contributed by atoms with Crippen LogP contribution in [0.25, 0.3) is 10.9 Å². The number of carbonyl (C=O) groups excluding carboxylic acids is 2. The van der Waals surface area contributed by atoms with Gasteiger partial charge in [0.2, 0.25) is 5.91 Å². The predicted octanol–water partition coefficient (Wildman–Crippen LogP) is 2.21. The van der Waals surface area contributed by atoms with E-state index < -0.39 is 11.9 Å². The first kappa shape index (κ1) is 17.4. The number of halogens is 1. The van der Waals surface area contributed by atoms with E-state index in [0.29, 0.717) is 15.9 Å². The van der Waals surface area contributed by atoms with Crippen molar-refractivity contribution in [2.45, 2.75) is 44.7 Å². The largest absolute Gasteiger partial charge is 0.335 e. The highest BCUT2D eigenvalue weighted by Crippen LogP contribution is 2.17. The lowest BCUT2D eigenvalue weighted by molar-refractivity contribution is -0.120. The molecular weight excluding hydrogens is 344 g/mol. The Morgan fingerprint density at radius 2 is 2.04 bits per heavy atom. The van der Waals surface area contributed by atoms with Crippen LogP contribution in [0, 0.1) is 0 Å². The molecule has 0 radical (unpaired) electrons. The van der Waals surface area contributed by atoms with Crippen LogP contribution < -0.4 is 16.2 Å². The fourth-order valence-corrected chi connectivity index (χ4v) is 3.17. The van der Waals surface area contributed by atoms with Gasteiger partial charge in [0.1, 0.15) is 0 Å². The minimum atomic E-state index is -0.479. The van der Waals surface area contributed by atoms with Gasteiger partial charge in [0.15, 0.2) is 0 Å². The number of hydrogen-bond donors (Lipinski definition) is 2. The van der Waals surface area contributed by atoms with Crippen molar-refractivity contribution in [3.63, 3.8) is 0 Å². The molecule has 3 rings (SSSR count). The van der Waals surface area contributed by atoms with Gasteiger partial charge in [-0.25, -0.2) is 9.78 Å². The number of benzene rings is 1. The lowest BCUT2D eigenvalue weighted by Gasteiger charge is -2.12. The van der Waals surface area contributed by atoms with Crippen molar-refractivity contribution < 1.29 is 9.59 Å². The van der Waals surface area contributed by atoms with Crippen LogP contribution in [0.5, 0.6) is 0 Å². The number of nitrogens with zero attached hydrogens (tertiary/aromatic N) is 2. The van der Waals surface area contributed by atoms with Crippen LogP contribution >= 0.6 is 11.6 Å². The summed E-state index contributed by atoms with van der Waals surface area (Å²) in [6.45, 7) is 0.136. The Morgan fingerprint density at radius 1 is 1.28 bits per heavy atom. The topological polar surface area (TPSA) is 93.1 Å². The maximum Gasteiger partial charge on any atom is 0.321 e. The standard InChI is InChI=1S/C17H19ClN4O3/c18-11-5-6-14-13(9-11)16(24)22(10-19-14)8-7-15(23)21-17(25)20-12-3-1-2-4-12/h5-6,9-10,12H,1-4,7-8H2,(H2,20,21,23,25). The maximum atomic E-state index is 12.4. The van der Waals surface area contributed by atoms with Crippen LogP contribution in [-0.2, 0) is 11.3 Å². The minimum Gasteiger partial charge on any atom is -0.335 e. The van der Waals surface area contributed by atoms with Gasteiger partial charge in [-0.2, -0.15) is 0 Å². The summed E-state index contributed by atoms with van der Waals surface area (Å²) in [5.74, 6) is -0.436. The molecule has 1 fully saturated rings. The molecule has 25 heavy (non-hydrogen) atoms. The van der Waals surface area contributed by atoms with Crippen LogP contribution in [0.2, 0.25) is 5.02 Å². The van der Waals surface area contributed by atoms with Gasteiger partial charge in [-0.05, 0) is 31.0 Å². The van der Waals surface area contributed by atoms with E-state index in [0.717, 1.165) is 25.7 Å². The SMILES string of the molecule is O=C(CCn1cnc2ccc(Cl)cc2c1=O)NC(=O)NC1CCCC1. The van der Waals surface area contributed by atoms with E-state index in [1.165, 1.54) is 10.9 Å². The van der Waals surface area contributed by atoms with Gasteiger partial charge in [0, 0.05) is 24.0 Å². The van der Waals surface area contributed by atoms with Crippen LogP contribution in [0.15, 0.2) is 29.3 Å². The van der Waals surface area contributed by atoms with Gasteiger partial charge in [-0.1, -0.05) is 24.4 Å². The van der Waals surface area contributed by atoms with E-state index in [4.69, 9.17) is 11.6 Å². The molecule has 2 aromatic rings. The number of hydrogen-bond acceptors (Lipinski definition) is 4. The quantitative estimate of drug-likeness (QED) is 0.872. The molecule has 1 saturated carbocycles. The smallest absolute Gasteiger partial charge is 0.321 e. The Hall–Kier alpha value is -2.41. The van der Waals surface area contributed by atoms with Gasteiger partial charge >= 0.3 is 6.03 Å². The molecule has 0 spiro atoms. The average Bonchev–Trinajstić information content (AvgIpc) is 3.07. The van der Waals surface area contributed by atoms with Crippen molar-refractivity contribution in [2.75, 3.05) is 0 Å². The number of aryl methyl sites for hydroxylation is 1. The van der Waals surface area contributed by atoms with E-state index in [9.17, 15) is 14.4 Å². The molecular formula is C17H19ClN4O3. The first-order chi connectivity index (χ1) is 12.0. The summed E-state index contributed by atoms with van der Waals surface area (Å²) in [5, 5.41) is 5.93. The fraction of sp³-hybridized carbons (Fsp3) is 0.412. The van der Waals surface area contributed by atoms with Crippen LogP contribution in [0.4, 0.5) is 4.79 Å². The highest BCUT2D eigenvalue weighted by molar-refractivity contribution is 6.31. The van der Waals surface area contributed by atoms with Crippen molar-refractivity contribution >= 4 is 34.4 Å². The van der Waals surface area contributed by atoms with E-state index in [1.54, 1.807) is 18.2 Å². The summed E-state index contributed by atoms with van der Waals surface area (Å²) in [7, 11) is 0. The molecule has 2 N–H and O–H groups in total. The van der Waals surface area contributed by atoms with Gasteiger partial charge in [-0.15, -0.1) is 0 Å². The molecule has 1 aliphatic rings. The van der Waals surface area contributed by atoms with Crippen LogP contribution in [-0.4, -0.2) is 27.5 Å². The Balaban J connectivity index is 1.58. The lowest BCUT2D eigenvalue weighted by Crippen LogP contribution is -2.43. The summed E-state index contributed by atoms with van der Waals surface area (Å²) in [6, 6.07) is 4.55. The molecule has 0 saturated heterocycles. The second kappa shape index (κ2) is 7.65. The number of carbonyl (C=O) groups is 2. The number of amides is 3. The Kier molecular flexibility index (Phi) is 5.33. The van der Waals surface area contributed by atoms with Crippen LogP contribution in [0.3, 0.4) is 0 Å². The summed E-state index contributed by atoms with van der Waals surface area (Å²) in [4.78, 5) is 40.2. The third-order valence-electron chi connectivity index (χ3n) is 4.31. The molecule has 7 nitrogen and oxygen atoms in total. The number of fused-ring (bicyclic) bond motifs is 1. The van der Waals surface area contributed by atoms with Crippen molar-refractivity contribution in [3.05, 3.63) is 39.9 Å². The second-order valence-electron chi connectivity index (χ2n) is 6.16. The van der Waals surface area contributed by atoms with Crippen molar-refractivity contribution in [1.82, 2.24) is 20.2 Å². The third kappa shape index (κ3) is 4.36. The second-order valence-corrected chi connectivity index (χ2v) is 6.59. The zero-order valence-corrected chi connectivity index (χ0v) is 14.4. The molecule has 0 atom stereocenters. The predicted molar refractivity (Wildman–Crippen MR) is 94.6 cm³/mol. The number of nitrogens with one attached hydrogen (secondary N) is 2. The number of rotatable bonds is 4.